The minimum Gasteiger partial charge on any atom is -0.491 e. The standard InChI is InChI=1S/C27H25F3O3/c1-2-32-23-14-12-20(16-22(23)28)17-8-10-19(11-9-17)27(31)33-24-15-13-21(25(29)26(24)30)18-6-4-3-5-7-18/h8-16,18H,2-7H2,1H3. The van der Waals surface area contributed by atoms with Crippen LogP contribution in [0.15, 0.2) is 54.6 Å². The van der Waals surface area contributed by atoms with Gasteiger partial charge in [-0.2, -0.15) is 4.39 Å². The van der Waals surface area contributed by atoms with Crippen LogP contribution in [0.4, 0.5) is 13.2 Å². The zero-order valence-electron chi connectivity index (χ0n) is 18.4. The highest BCUT2D eigenvalue weighted by molar-refractivity contribution is 5.91. The minimum absolute atomic E-state index is 0.00187. The van der Waals surface area contributed by atoms with Crippen molar-refractivity contribution in [3.8, 4) is 22.6 Å². The molecule has 0 heterocycles. The lowest BCUT2D eigenvalue weighted by Crippen LogP contribution is -2.12. The van der Waals surface area contributed by atoms with Crippen molar-refractivity contribution in [1.29, 1.82) is 0 Å². The third-order valence-electron chi connectivity index (χ3n) is 6.01. The second-order valence-electron chi connectivity index (χ2n) is 8.16. The number of ether oxygens (including phenoxy) is 2. The van der Waals surface area contributed by atoms with Crippen LogP contribution >= 0.6 is 0 Å². The molecular weight excluding hydrogens is 429 g/mol. The first-order valence-corrected chi connectivity index (χ1v) is 11.2. The van der Waals surface area contributed by atoms with Crippen LogP contribution in [-0.2, 0) is 0 Å². The summed E-state index contributed by atoms with van der Waals surface area (Å²) in [6.07, 6.45) is 4.78. The van der Waals surface area contributed by atoms with Crippen molar-refractivity contribution >= 4 is 5.97 Å². The highest BCUT2D eigenvalue weighted by Gasteiger charge is 2.24. The molecule has 0 aliphatic heterocycles. The van der Waals surface area contributed by atoms with Crippen molar-refractivity contribution in [3.63, 3.8) is 0 Å². The molecule has 0 atom stereocenters. The average Bonchev–Trinajstić information content (AvgIpc) is 2.84. The maximum absolute atomic E-state index is 14.6. The van der Waals surface area contributed by atoms with Gasteiger partial charge in [0, 0.05) is 0 Å². The zero-order valence-corrected chi connectivity index (χ0v) is 18.4. The van der Waals surface area contributed by atoms with Gasteiger partial charge in [0.2, 0.25) is 5.82 Å². The van der Waals surface area contributed by atoms with Crippen molar-refractivity contribution in [2.45, 2.75) is 44.9 Å². The quantitative estimate of drug-likeness (QED) is 0.287. The van der Waals surface area contributed by atoms with Crippen LogP contribution in [0.25, 0.3) is 11.1 Å². The van der Waals surface area contributed by atoms with Crippen molar-refractivity contribution in [2.75, 3.05) is 6.61 Å². The Morgan fingerprint density at radius 3 is 2.18 bits per heavy atom. The second kappa shape index (κ2) is 10.1. The number of benzene rings is 3. The van der Waals surface area contributed by atoms with E-state index in [4.69, 9.17) is 9.47 Å². The summed E-state index contributed by atoms with van der Waals surface area (Å²) in [5, 5.41) is 0. The van der Waals surface area contributed by atoms with Gasteiger partial charge in [-0.1, -0.05) is 43.5 Å². The van der Waals surface area contributed by atoms with E-state index in [1.54, 1.807) is 31.2 Å². The Balaban J connectivity index is 1.48. The maximum atomic E-state index is 14.6. The molecule has 172 valence electrons. The SMILES string of the molecule is CCOc1ccc(-c2ccc(C(=O)Oc3ccc(C4CCCCC4)c(F)c3F)cc2)cc1F. The fourth-order valence-electron chi connectivity index (χ4n) is 4.26. The molecule has 0 saturated heterocycles. The molecule has 1 aliphatic carbocycles. The Morgan fingerprint density at radius 2 is 1.52 bits per heavy atom. The molecule has 1 saturated carbocycles. The van der Waals surface area contributed by atoms with Crippen molar-refractivity contribution in [2.24, 2.45) is 0 Å². The first-order chi connectivity index (χ1) is 16.0. The van der Waals surface area contributed by atoms with Crippen molar-refractivity contribution in [1.82, 2.24) is 0 Å². The third kappa shape index (κ3) is 5.05. The van der Waals surface area contributed by atoms with E-state index in [9.17, 15) is 18.0 Å². The zero-order chi connectivity index (χ0) is 23.4. The van der Waals surface area contributed by atoms with Gasteiger partial charge in [-0.15, -0.1) is 0 Å². The van der Waals surface area contributed by atoms with E-state index < -0.39 is 29.2 Å². The molecule has 0 radical (unpaired) electrons. The van der Waals surface area contributed by atoms with E-state index in [2.05, 4.69) is 0 Å². The lowest BCUT2D eigenvalue weighted by molar-refractivity contribution is 0.0726. The minimum atomic E-state index is -1.15. The molecule has 0 unspecified atom stereocenters. The Bertz CT molecular complexity index is 1140. The van der Waals surface area contributed by atoms with Crippen molar-refractivity contribution < 1.29 is 27.4 Å². The maximum Gasteiger partial charge on any atom is 0.343 e. The normalized spacial score (nSPS) is 14.2. The first kappa shape index (κ1) is 22.9. The van der Waals surface area contributed by atoms with E-state index >= 15 is 0 Å². The van der Waals surface area contributed by atoms with Crippen LogP contribution in [0.5, 0.6) is 11.5 Å². The molecule has 0 spiro atoms. The number of rotatable bonds is 6. The predicted molar refractivity (Wildman–Crippen MR) is 120 cm³/mol. The molecule has 3 aromatic rings. The number of halogens is 3. The fourth-order valence-corrected chi connectivity index (χ4v) is 4.26. The van der Waals surface area contributed by atoms with Crippen LogP contribution in [-0.4, -0.2) is 12.6 Å². The number of esters is 1. The molecule has 0 amide bonds. The summed E-state index contributed by atoms with van der Waals surface area (Å²) < 4.78 is 53.7. The van der Waals surface area contributed by atoms with Gasteiger partial charge in [-0.3, -0.25) is 0 Å². The lowest BCUT2D eigenvalue weighted by atomic mass is 9.84. The molecule has 33 heavy (non-hydrogen) atoms. The Labute approximate surface area is 191 Å². The van der Waals surface area contributed by atoms with Crippen LogP contribution in [0.2, 0.25) is 0 Å². The molecule has 0 aromatic heterocycles. The van der Waals surface area contributed by atoms with E-state index in [-0.39, 0.29) is 17.2 Å². The van der Waals surface area contributed by atoms with Crippen LogP contribution in [0.1, 0.15) is 60.9 Å². The molecule has 1 fully saturated rings. The second-order valence-corrected chi connectivity index (χ2v) is 8.16. The highest BCUT2D eigenvalue weighted by Crippen LogP contribution is 2.36. The first-order valence-electron chi connectivity index (χ1n) is 11.2. The molecule has 0 bridgehead atoms. The molecular formula is C27H25F3O3. The van der Waals surface area contributed by atoms with Gasteiger partial charge in [-0.05, 0) is 72.7 Å². The number of carbonyl (C=O) groups is 1. The Hall–Kier alpha value is -3.28. The number of carbonyl (C=O) groups excluding carboxylic acids is 1. The number of hydrogen-bond donors (Lipinski definition) is 0. The molecule has 4 rings (SSSR count). The monoisotopic (exact) mass is 454 g/mol. The predicted octanol–water partition coefficient (Wildman–Crippen LogP) is 7.44. The fraction of sp³-hybridized carbons (Fsp3) is 0.296. The van der Waals surface area contributed by atoms with Gasteiger partial charge < -0.3 is 9.47 Å². The lowest BCUT2D eigenvalue weighted by Gasteiger charge is -2.22. The summed E-state index contributed by atoms with van der Waals surface area (Å²) in [6.45, 7) is 2.14. The summed E-state index contributed by atoms with van der Waals surface area (Å²) in [7, 11) is 0. The highest BCUT2D eigenvalue weighted by atomic mass is 19.2. The van der Waals surface area contributed by atoms with Gasteiger partial charge in [0.15, 0.2) is 23.1 Å². The van der Waals surface area contributed by atoms with Gasteiger partial charge >= 0.3 is 5.97 Å². The van der Waals surface area contributed by atoms with E-state index in [0.717, 1.165) is 32.1 Å². The summed E-state index contributed by atoms with van der Waals surface area (Å²) in [5.74, 6) is -3.64. The number of hydrogen-bond acceptors (Lipinski definition) is 3. The van der Waals surface area contributed by atoms with E-state index in [0.29, 0.717) is 23.3 Å². The van der Waals surface area contributed by atoms with Gasteiger partial charge in [0.25, 0.3) is 0 Å². The molecule has 1 aliphatic rings. The summed E-state index contributed by atoms with van der Waals surface area (Å²) in [5.41, 5.74) is 1.81. The van der Waals surface area contributed by atoms with E-state index in [1.165, 1.54) is 30.3 Å². The summed E-state index contributed by atoms with van der Waals surface area (Å²) >= 11 is 0. The van der Waals surface area contributed by atoms with E-state index in [1.807, 2.05) is 0 Å². The topological polar surface area (TPSA) is 35.5 Å². The largest absolute Gasteiger partial charge is 0.491 e. The third-order valence-corrected chi connectivity index (χ3v) is 6.01. The molecule has 3 aromatic carbocycles. The van der Waals surface area contributed by atoms with Crippen molar-refractivity contribution in [3.05, 3.63) is 83.2 Å². The average molecular weight is 454 g/mol. The Morgan fingerprint density at radius 1 is 0.848 bits per heavy atom. The van der Waals surface area contributed by atoms with Crippen LogP contribution in [0, 0.1) is 17.5 Å². The summed E-state index contributed by atoms with van der Waals surface area (Å²) in [4.78, 5) is 12.5. The van der Waals surface area contributed by atoms with Gasteiger partial charge in [0.05, 0.1) is 12.2 Å². The molecule has 0 N–H and O–H groups in total. The van der Waals surface area contributed by atoms with Crippen LogP contribution in [0.3, 0.4) is 0 Å². The summed E-state index contributed by atoms with van der Waals surface area (Å²) in [6, 6.07) is 13.7. The Kier molecular flexibility index (Phi) is 7.02. The van der Waals surface area contributed by atoms with Crippen LogP contribution < -0.4 is 9.47 Å². The molecule has 6 heteroatoms. The molecule has 3 nitrogen and oxygen atoms in total. The smallest absolute Gasteiger partial charge is 0.343 e. The van der Waals surface area contributed by atoms with Gasteiger partial charge in [0.1, 0.15) is 0 Å². The van der Waals surface area contributed by atoms with Gasteiger partial charge in [-0.25, -0.2) is 13.6 Å².